The van der Waals surface area contributed by atoms with E-state index in [4.69, 9.17) is 0 Å². The van der Waals surface area contributed by atoms with Crippen LogP contribution in [0.15, 0.2) is 48.5 Å². The Bertz CT molecular complexity index is 874. The lowest BCUT2D eigenvalue weighted by atomic mass is 9.99. The molecule has 6 heteroatoms. The first-order valence-corrected chi connectivity index (χ1v) is 10.5. The van der Waals surface area contributed by atoms with Gasteiger partial charge in [0.25, 0.3) is 0 Å². The number of anilines is 3. The molecule has 0 aromatic heterocycles. The molecule has 0 radical (unpaired) electrons. The van der Waals surface area contributed by atoms with Crippen molar-refractivity contribution in [3.63, 3.8) is 0 Å². The van der Waals surface area contributed by atoms with Crippen LogP contribution in [0.5, 0.6) is 0 Å². The number of hydrogen-bond acceptors (Lipinski definition) is 3. The Balaban J connectivity index is 0.00000256. The zero-order valence-electron chi connectivity index (χ0n) is 17.6. The highest BCUT2D eigenvalue weighted by molar-refractivity contribution is 6.03. The second-order valence-corrected chi connectivity index (χ2v) is 8.45. The Morgan fingerprint density at radius 2 is 1.57 bits per heavy atom. The minimum Gasteiger partial charge on any atom is -0.372 e. The molecule has 30 heavy (non-hydrogen) atoms. The van der Waals surface area contributed by atoms with E-state index in [-0.39, 0.29) is 36.6 Å². The number of benzene rings is 2. The molecule has 0 aliphatic carbocycles. The van der Waals surface area contributed by atoms with E-state index < -0.39 is 0 Å². The number of carbonyl (C=O) groups is 2. The van der Waals surface area contributed by atoms with Crippen molar-refractivity contribution in [3.05, 3.63) is 54.1 Å². The van der Waals surface area contributed by atoms with Crippen LogP contribution in [0.2, 0.25) is 0 Å². The number of rotatable bonds is 4. The number of piperidine rings is 1. The van der Waals surface area contributed by atoms with Crippen LogP contribution in [0.4, 0.5) is 17.1 Å². The number of nitrogens with one attached hydrogen (secondary N) is 1. The maximum absolute atomic E-state index is 12.7. The molecule has 160 valence electrons. The summed E-state index contributed by atoms with van der Waals surface area (Å²) in [5.41, 5.74) is 4.00. The van der Waals surface area contributed by atoms with Crippen LogP contribution in [0.3, 0.4) is 0 Å². The highest BCUT2D eigenvalue weighted by Crippen LogP contribution is 2.27. The summed E-state index contributed by atoms with van der Waals surface area (Å²) < 4.78 is 0. The molecule has 4 rings (SSSR count). The standard InChI is InChI=1S/C24H29N3O2.ClH/c1-17-3-7-22(8-4-17)27-16-19(15-23(27)28)24(29)25-20-5-9-21(10-6-20)26-13-11-18(2)12-14-26;/h3-10,18-19H,11-16H2,1-2H3,(H,25,29);1H. The summed E-state index contributed by atoms with van der Waals surface area (Å²) in [5.74, 6) is 0.390. The van der Waals surface area contributed by atoms with Crippen molar-refractivity contribution >= 4 is 41.3 Å². The lowest BCUT2D eigenvalue weighted by Gasteiger charge is -2.32. The summed E-state index contributed by atoms with van der Waals surface area (Å²) in [5, 5.41) is 2.99. The molecule has 2 fully saturated rings. The molecule has 2 amide bonds. The molecule has 2 heterocycles. The van der Waals surface area contributed by atoms with Gasteiger partial charge in [0, 0.05) is 43.1 Å². The van der Waals surface area contributed by atoms with Gasteiger partial charge >= 0.3 is 0 Å². The Labute approximate surface area is 184 Å². The van der Waals surface area contributed by atoms with Crippen LogP contribution in [0.25, 0.3) is 0 Å². The molecular weight excluding hydrogens is 398 g/mol. The van der Waals surface area contributed by atoms with Gasteiger partial charge in [0.15, 0.2) is 0 Å². The number of hydrogen-bond donors (Lipinski definition) is 1. The van der Waals surface area contributed by atoms with Crippen molar-refractivity contribution in [3.8, 4) is 0 Å². The molecule has 1 atom stereocenters. The van der Waals surface area contributed by atoms with Gasteiger partial charge in [0.1, 0.15) is 0 Å². The zero-order valence-corrected chi connectivity index (χ0v) is 18.5. The van der Waals surface area contributed by atoms with Crippen LogP contribution in [0.1, 0.15) is 31.7 Å². The van der Waals surface area contributed by atoms with Crippen LogP contribution in [-0.2, 0) is 9.59 Å². The maximum atomic E-state index is 12.7. The summed E-state index contributed by atoms with van der Waals surface area (Å²) in [6.07, 6.45) is 2.71. The second-order valence-electron chi connectivity index (χ2n) is 8.45. The Hall–Kier alpha value is -2.53. The van der Waals surface area contributed by atoms with E-state index in [0.717, 1.165) is 35.9 Å². The third-order valence-corrected chi connectivity index (χ3v) is 6.13. The van der Waals surface area contributed by atoms with Gasteiger partial charge in [-0.25, -0.2) is 0 Å². The van der Waals surface area contributed by atoms with E-state index in [9.17, 15) is 9.59 Å². The predicted octanol–water partition coefficient (Wildman–Crippen LogP) is 4.64. The van der Waals surface area contributed by atoms with E-state index in [2.05, 4.69) is 29.3 Å². The van der Waals surface area contributed by atoms with Crippen molar-refractivity contribution in [1.82, 2.24) is 0 Å². The molecule has 1 N–H and O–H groups in total. The molecule has 5 nitrogen and oxygen atoms in total. The van der Waals surface area contributed by atoms with Crippen molar-refractivity contribution in [2.45, 2.75) is 33.1 Å². The Morgan fingerprint density at radius 3 is 2.20 bits per heavy atom. The minimum absolute atomic E-state index is 0. The van der Waals surface area contributed by atoms with Crippen molar-refractivity contribution in [1.29, 1.82) is 0 Å². The number of nitrogens with zero attached hydrogens (tertiary/aromatic N) is 2. The summed E-state index contributed by atoms with van der Waals surface area (Å²) in [4.78, 5) is 29.2. The van der Waals surface area contributed by atoms with Crippen LogP contribution in [-0.4, -0.2) is 31.4 Å². The second kappa shape index (κ2) is 9.52. The SMILES string of the molecule is Cc1ccc(N2CC(C(=O)Nc3ccc(N4CCC(C)CC4)cc3)CC2=O)cc1.Cl. The zero-order chi connectivity index (χ0) is 20.4. The molecule has 0 saturated carbocycles. The normalized spacial score (nSPS) is 19.5. The third kappa shape index (κ3) is 4.96. The van der Waals surface area contributed by atoms with Crippen molar-refractivity contribution < 1.29 is 9.59 Å². The lowest BCUT2D eigenvalue weighted by Crippen LogP contribution is -2.32. The summed E-state index contributed by atoms with van der Waals surface area (Å²) in [7, 11) is 0. The fraction of sp³-hybridized carbons (Fsp3) is 0.417. The van der Waals surface area contributed by atoms with Crippen molar-refractivity contribution in [2.75, 3.05) is 34.8 Å². The number of amides is 2. The molecule has 2 aliphatic heterocycles. The summed E-state index contributed by atoms with van der Waals surface area (Å²) >= 11 is 0. The van der Waals surface area contributed by atoms with Crippen LogP contribution >= 0.6 is 12.4 Å². The first-order valence-electron chi connectivity index (χ1n) is 10.5. The lowest BCUT2D eigenvalue weighted by molar-refractivity contribution is -0.122. The number of aryl methyl sites for hydroxylation is 1. The third-order valence-electron chi connectivity index (χ3n) is 6.13. The van der Waals surface area contributed by atoms with Gasteiger partial charge in [-0.15, -0.1) is 12.4 Å². The average Bonchev–Trinajstić information content (AvgIpc) is 3.12. The van der Waals surface area contributed by atoms with E-state index in [0.29, 0.717) is 6.54 Å². The first-order chi connectivity index (χ1) is 14.0. The molecule has 2 saturated heterocycles. The minimum atomic E-state index is -0.327. The molecule has 0 spiro atoms. The molecule has 1 unspecified atom stereocenters. The van der Waals surface area contributed by atoms with Gasteiger partial charge < -0.3 is 15.1 Å². The Kier molecular flexibility index (Phi) is 7.03. The Morgan fingerprint density at radius 1 is 0.967 bits per heavy atom. The van der Waals surface area contributed by atoms with E-state index in [1.165, 1.54) is 18.5 Å². The van der Waals surface area contributed by atoms with E-state index >= 15 is 0 Å². The predicted molar refractivity (Wildman–Crippen MR) is 125 cm³/mol. The van der Waals surface area contributed by atoms with Crippen molar-refractivity contribution in [2.24, 2.45) is 11.8 Å². The summed E-state index contributed by atoms with van der Waals surface area (Å²) in [6.45, 7) is 6.93. The topological polar surface area (TPSA) is 52.7 Å². The fourth-order valence-corrected chi connectivity index (χ4v) is 4.12. The van der Waals surface area contributed by atoms with Gasteiger partial charge in [-0.05, 0) is 62.1 Å². The number of halogens is 1. The highest BCUT2D eigenvalue weighted by Gasteiger charge is 2.35. The van der Waals surface area contributed by atoms with Gasteiger partial charge in [-0.3, -0.25) is 9.59 Å². The van der Waals surface area contributed by atoms with Crippen LogP contribution < -0.4 is 15.1 Å². The van der Waals surface area contributed by atoms with Gasteiger partial charge in [0.05, 0.1) is 5.92 Å². The molecule has 2 aromatic rings. The van der Waals surface area contributed by atoms with Crippen LogP contribution in [0, 0.1) is 18.8 Å². The highest BCUT2D eigenvalue weighted by atomic mass is 35.5. The van der Waals surface area contributed by atoms with Gasteiger partial charge in [-0.1, -0.05) is 24.6 Å². The largest absolute Gasteiger partial charge is 0.372 e. The average molecular weight is 428 g/mol. The quantitative estimate of drug-likeness (QED) is 0.772. The smallest absolute Gasteiger partial charge is 0.229 e. The maximum Gasteiger partial charge on any atom is 0.229 e. The molecule has 2 aromatic carbocycles. The molecular formula is C24H30ClN3O2. The summed E-state index contributed by atoms with van der Waals surface area (Å²) in [6, 6.07) is 15.9. The van der Waals surface area contributed by atoms with Gasteiger partial charge in [0.2, 0.25) is 11.8 Å². The van der Waals surface area contributed by atoms with E-state index in [1.54, 1.807) is 4.90 Å². The monoisotopic (exact) mass is 427 g/mol. The fourth-order valence-electron chi connectivity index (χ4n) is 4.12. The van der Waals surface area contributed by atoms with E-state index in [1.807, 2.05) is 43.3 Å². The first kappa shape index (κ1) is 22.2. The number of carbonyl (C=O) groups excluding carboxylic acids is 2. The molecule has 0 bridgehead atoms. The van der Waals surface area contributed by atoms with Gasteiger partial charge in [-0.2, -0.15) is 0 Å². The molecule has 2 aliphatic rings.